The van der Waals surface area contributed by atoms with Gasteiger partial charge in [-0.2, -0.15) is 0 Å². The third-order valence-corrected chi connectivity index (χ3v) is 11.2. The summed E-state index contributed by atoms with van der Waals surface area (Å²) in [6.45, 7) is 0. The number of para-hydroxylation sites is 4. The summed E-state index contributed by atoms with van der Waals surface area (Å²) in [5.41, 5.74) is 9.26. The third-order valence-electron chi connectivity index (χ3n) is 9.32. The Morgan fingerprint density at radius 2 is 0.596 bits per heavy atom. The number of hydrogen-bond donors (Lipinski definition) is 0. The maximum Gasteiger partial charge on any atom is 0.225 e. The first-order valence-electron chi connectivity index (χ1n) is 17.0. The predicted octanol–water partition coefficient (Wildman–Crippen LogP) is 10.3. The van der Waals surface area contributed by atoms with E-state index in [4.69, 9.17) is 0 Å². The topological polar surface area (TPSA) is 40.6 Å². The Morgan fingerprint density at radius 3 is 0.885 bits per heavy atom. The molecule has 0 spiro atoms. The quantitative estimate of drug-likeness (QED) is 0.157. The normalized spacial score (nSPS) is 13.2. The van der Waals surface area contributed by atoms with Gasteiger partial charge in [-0.15, -0.1) is 0 Å². The second-order valence-electron chi connectivity index (χ2n) is 12.5. The van der Waals surface area contributed by atoms with E-state index in [0.717, 1.165) is 65.5 Å². The molecule has 0 saturated carbocycles. The fraction of sp³-hybridized carbons (Fsp3) is 0. The number of hydrogen-bond acceptors (Lipinski definition) is 6. The van der Waals surface area contributed by atoms with Crippen molar-refractivity contribution in [3.8, 4) is 0 Å². The van der Waals surface area contributed by atoms with Gasteiger partial charge in [0.1, 0.15) is 0 Å². The lowest BCUT2D eigenvalue weighted by atomic mass is 10.0. The Morgan fingerprint density at radius 1 is 0.327 bits per heavy atom. The molecule has 0 aromatic heterocycles. The summed E-state index contributed by atoms with van der Waals surface area (Å²) in [5.74, 6) is 0. The number of fused-ring (bicyclic) bond motifs is 2. The minimum absolute atomic E-state index is 0.0125. The number of nitrogens with zero attached hydrogens (tertiary/aromatic N) is 2. The molecular weight excluding hydrogens is 677 g/mol. The summed E-state index contributed by atoms with van der Waals surface area (Å²) in [5, 5.41) is 1.78. The van der Waals surface area contributed by atoms with Gasteiger partial charge in [-0.05, 0) is 120 Å². The molecule has 7 aromatic rings. The standard InChI is InChI=1S/C46H30N2O2S2/c49-45-43(31-21-25-37(26-22-31)47(33-13-5-1-6-14-33)34-15-7-2-8-16-34)39-29-42-40(30-41(39)51-45)44(46(50)52-42)32-23-27-38(28-24-32)48(35-17-9-3-10-18-35)36-19-11-4-12-20-36/h1-30H. The minimum Gasteiger partial charge on any atom is -0.311 e. The van der Waals surface area contributed by atoms with E-state index in [-0.39, 0.29) is 10.2 Å². The molecule has 0 saturated heterocycles. The molecular formula is C46H30N2O2S2. The van der Waals surface area contributed by atoms with Crippen LogP contribution in [0.3, 0.4) is 0 Å². The molecule has 0 aliphatic carbocycles. The summed E-state index contributed by atoms with van der Waals surface area (Å²) < 4.78 is 0. The van der Waals surface area contributed by atoms with Crippen molar-refractivity contribution in [2.24, 2.45) is 0 Å². The maximum absolute atomic E-state index is 13.6. The Labute approximate surface area is 310 Å². The first kappa shape index (κ1) is 31.9. The van der Waals surface area contributed by atoms with Crippen LogP contribution < -0.4 is 20.2 Å². The molecule has 0 unspecified atom stereocenters. The summed E-state index contributed by atoms with van der Waals surface area (Å²) in [6.07, 6.45) is 0. The van der Waals surface area contributed by atoms with E-state index in [2.05, 4.69) is 82.6 Å². The van der Waals surface area contributed by atoms with Gasteiger partial charge < -0.3 is 9.80 Å². The van der Waals surface area contributed by atoms with Crippen LogP contribution in [0.2, 0.25) is 0 Å². The fourth-order valence-electron chi connectivity index (χ4n) is 6.95. The molecule has 0 fully saturated rings. The zero-order valence-electron chi connectivity index (χ0n) is 27.8. The van der Waals surface area contributed by atoms with Crippen LogP contribution in [0.5, 0.6) is 0 Å². The molecule has 2 aliphatic heterocycles. The van der Waals surface area contributed by atoms with Gasteiger partial charge in [-0.1, -0.05) is 97.1 Å². The summed E-state index contributed by atoms with van der Waals surface area (Å²) >= 11 is 2.47. The SMILES string of the molecule is O=C1Sc2cc3c(cc2=C1c1ccc(N(c2ccccc2)c2ccccc2)cc1)SC(=O)C=3c1ccc(N(c2ccccc2)c2ccccc2)cc1. The van der Waals surface area contributed by atoms with E-state index in [9.17, 15) is 9.59 Å². The van der Waals surface area contributed by atoms with Gasteiger partial charge in [0, 0.05) is 65.5 Å². The van der Waals surface area contributed by atoms with Gasteiger partial charge in [-0.3, -0.25) is 9.59 Å². The van der Waals surface area contributed by atoms with Crippen molar-refractivity contribution in [2.45, 2.75) is 9.79 Å². The highest BCUT2D eigenvalue weighted by molar-refractivity contribution is 8.15. The summed E-state index contributed by atoms with van der Waals surface area (Å²) in [7, 11) is 0. The second kappa shape index (κ2) is 13.6. The molecule has 4 nitrogen and oxygen atoms in total. The number of anilines is 6. The molecule has 248 valence electrons. The van der Waals surface area contributed by atoms with E-state index < -0.39 is 0 Å². The van der Waals surface area contributed by atoms with Crippen molar-refractivity contribution < 1.29 is 9.59 Å². The van der Waals surface area contributed by atoms with Crippen LogP contribution in [0.15, 0.2) is 192 Å². The summed E-state index contributed by atoms with van der Waals surface area (Å²) in [4.78, 5) is 33.4. The Bertz CT molecular complexity index is 2310. The minimum atomic E-state index is 0.0125. The van der Waals surface area contributed by atoms with Crippen molar-refractivity contribution in [1.29, 1.82) is 0 Å². The van der Waals surface area contributed by atoms with Crippen molar-refractivity contribution in [1.82, 2.24) is 0 Å². The molecule has 9 rings (SSSR count). The number of benzene rings is 7. The molecule has 0 atom stereocenters. The highest BCUT2D eigenvalue weighted by Gasteiger charge is 2.29. The van der Waals surface area contributed by atoms with Crippen LogP contribution in [-0.2, 0) is 9.59 Å². The van der Waals surface area contributed by atoms with Crippen LogP contribution in [0.25, 0.3) is 11.1 Å². The highest BCUT2D eigenvalue weighted by Crippen LogP contribution is 2.39. The van der Waals surface area contributed by atoms with Crippen molar-refractivity contribution in [2.75, 3.05) is 9.80 Å². The Balaban J connectivity index is 1.08. The fourth-order valence-corrected chi connectivity index (χ4v) is 8.90. The monoisotopic (exact) mass is 706 g/mol. The van der Waals surface area contributed by atoms with Crippen molar-refractivity contribution in [3.05, 3.63) is 204 Å². The molecule has 2 aliphatic rings. The van der Waals surface area contributed by atoms with Gasteiger partial charge in [0.15, 0.2) is 0 Å². The molecule has 0 radical (unpaired) electrons. The first-order valence-corrected chi connectivity index (χ1v) is 18.6. The smallest absolute Gasteiger partial charge is 0.225 e. The highest BCUT2D eigenvalue weighted by atomic mass is 32.2. The molecule has 6 heteroatoms. The van der Waals surface area contributed by atoms with Crippen molar-refractivity contribution >= 4 is 79.0 Å². The van der Waals surface area contributed by atoms with E-state index in [1.54, 1.807) is 0 Å². The first-order chi connectivity index (χ1) is 25.6. The average molecular weight is 707 g/mol. The third kappa shape index (κ3) is 5.82. The van der Waals surface area contributed by atoms with E-state index in [1.807, 2.05) is 109 Å². The molecule has 0 N–H and O–H groups in total. The van der Waals surface area contributed by atoms with Crippen LogP contribution >= 0.6 is 23.5 Å². The maximum atomic E-state index is 13.6. The zero-order chi connectivity index (χ0) is 35.0. The van der Waals surface area contributed by atoms with Crippen LogP contribution in [-0.4, -0.2) is 10.2 Å². The lowest BCUT2D eigenvalue weighted by molar-refractivity contribution is -0.106. The molecule has 0 bridgehead atoms. The lowest BCUT2D eigenvalue weighted by Crippen LogP contribution is -2.15. The zero-order valence-corrected chi connectivity index (χ0v) is 29.5. The second-order valence-corrected chi connectivity index (χ2v) is 14.5. The van der Waals surface area contributed by atoms with Crippen LogP contribution in [0, 0.1) is 0 Å². The van der Waals surface area contributed by atoms with Crippen LogP contribution in [0.1, 0.15) is 11.1 Å². The van der Waals surface area contributed by atoms with E-state index in [1.165, 1.54) is 23.5 Å². The number of carbonyl (C=O) groups excluding carboxylic acids is 2. The number of rotatable bonds is 8. The van der Waals surface area contributed by atoms with Gasteiger partial charge in [-0.25, -0.2) is 0 Å². The van der Waals surface area contributed by atoms with Crippen LogP contribution in [0.4, 0.5) is 34.1 Å². The van der Waals surface area contributed by atoms with Gasteiger partial charge in [0.05, 0.1) is 0 Å². The molecule has 2 heterocycles. The van der Waals surface area contributed by atoms with Gasteiger partial charge >= 0.3 is 0 Å². The van der Waals surface area contributed by atoms with E-state index in [0.29, 0.717) is 11.1 Å². The van der Waals surface area contributed by atoms with Gasteiger partial charge in [0.25, 0.3) is 0 Å². The lowest BCUT2D eigenvalue weighted by Gasteiger charge is -2.25. The molecule has 52 heavy (non-hydrogen) atoms. The molecule has 0 amide bonds. The Hall–Kier alpha value is -6.08. The predicted molar refractivity (Wildman–Crippen MR) is 215 cm³/mol. The number of thioether (sulfide) groups is 2. The number of carbonyl (C=O) groups is 2. The average Bonchev–Trinajstić information content (AvgIpc) is 3.69. The van der Waals surface area contributed by atoms with E-state index >= 15 is 0 Å². The van der Waals surface area contributed by atoms with Gasteiger partial charge in [0.2, 0.25) is 10.2 Å². The Kier molecular flexibility index (Phi) is 8.31. The summed E-state index contributed by atoms with van der Waals surface area (Å²) in [6, 6.07) is 61.5. The largest absolute Gasteiger partial charge is 0.311 e. The molecule has 7 aromatic carbocycles. The van der Waals surface area contributed by atoms with Crippen molar-refractivity contribution in [3.63, 3.8) is 0 Å².